The van der Waals surface area contributed by atoms with Crippen molar-refractivity contribution in [1.29, 1.82) is 0 Å². The SMILES string of the molecule is Cc1cccc(N[C@H](C(=O)[O-])c2ccc(Cl)cc2)c1. The van der Waals surface area contributed by atoms with Gasteiger partial charge in [-0.3, -0.25) is 0 Å². The third kappa shape index (κ3) is 3.48. The first-order valence-corrected chi connectivity index (χ1v) is 6.23. The van der Waals surface area contributed by atoms with Crippen molar-refractivity contribution >= 4 is 23.3 Å². The third-order valence-corrected chi connectivity index (χ3v) is 3.02. The number of halogens is 1. The zero-order valence-corrected chi connectivity index (χ0v) is 11.1. The van der Waals surface area contributed by atoms with Gasteiger partial charge in [-0.15, -0.1) is 0 Å². The molecule has 0 radical (unpaired) electrons. The maximum absolute atomic E-state index is 11.3. The van der Waals surface area contributed by atoms with Crippen LogP contribution >= 0.6 is 11.6 Å². The molecule has 19 heavy (non-hydrogen) atoms. The average molecular weight is 275 g/mol. The van der Waals surface area contributed by atoms with Crippen molar-refractivity contribution in [2.24, 2.45) is 0 Å². The van der Waals surface area contributed by atoms with Gasteiger partial charge in [-0.05, 0) is 42.3 Å². The fourth-order valence-electron chi connectivity index (χ4n) is 1.84. The van der Waals surface area contributed by atoms with Gasteiger partial charge in [-0.2, -0.15) is 0 Å². The summed E-state index contributed by atoms with van der Waals surface area (Å²) in [5.41, 5.74) is 2.40. The van der Waals surface area contributed by atoms with E-state index in [2.05, 4.69) is 5.32 Å². The Morgan fingerprint density at radius 3 is 2.47 bits per heavy atom. The number of carbonyl (C=O) groups is 1. The molecule has 0 heterocycles. The summed E-state index contributed by atoms with van der Waals surface area (Å²) in [7, 11) is 0. The van der Waals surface area contributed by atoms with Crippen LogP contribution < -0.4 is 10.4 Å². The maximum atomic E-state index is 11.3. The molecule has 0 amide bonds. The van der Waals surface area contributed by atoms with E-state index >= 15 is 0 Å². The number of benzene rings is 2. The molecule has 0 saturated carbocycles. The summed E-state index contributed by atoms with van der Waals surface area (Å²) >= 11 is 5.79. The fraction of sp³-hybridized carbons (Fsp3) is 0.133. The highest BCUT2D eigenvalue weighted by molar-refractivity contribution is 6.30. The molecule has 1 N–H and O–H groups in total. The van der Waals surface area contributed by atoms with Gasteiger partial charge in [0.2, 0.25) is 0 Å². The van der Waals surface area contributed by atoms with Crippen LogP contribution in [-0.4, -0.2) is 5.97 Å². The molecule has 4 heteroatoms. The lowest BCUT2D eigenvalue weighted by molar-refractivity contribution is -0.307. The summed E-state index contributed by atoms with van der Waals surface area (Å²) in [5.74, 6) is -1.18. The molecule has 0 fully saturated rings. The van der Waals surface area contributed by atoms with Crippen LogP contribution in [0.1, 0.15) is 17.2 Å². The standard InChI is InChI=1S/C15H14ClNO2/c1-10-3-2-4-13(9-10)17-14(15(18)19)11-5-7-12(16)8-6-11/h2-9,14,17H,1H3,(H,18,19)/p-1/t14-/m0/s1. The lowest BCUT2D eigenvalue weighted by Gasteiger charge is -2.21. The molecule has 0 spiro atoms. The molecule has 0 bridgehead atoms. The monoisotopic (exact) mass is 274 g/mol. The van der Waals surface area contributed by atoms with Gasteiger partial charge in [0.1, 0.15) is 0 Å². The zero-order valence-electron chi connectivity index (χ0n) is 10.4. The number of hydrogen-bond acceptors (Lipinski definition) is 3. The van der Waals surface area contributed by atoms with E-state index < -0.39 is 12.0 Å². The molecular formula is C15H13ClNO2-. The minimum atomic E-state index is -1.18. The number of carboxylic acid groups (broad SMARTS) is 1. The number of carbonyl (C=O) groups excluding carboxylic acids is 1. The molecule has 2 aromatic rings. The van der Waals surface area contributed by atoms with E-state index in [-0.39, 0.29) is 0 Å². The molecular weight excluding hydrogens is 262 g/mol. The predicted octanol–water partition coefficient (Wildman–Crippen LogP) is 2.55. The van der Waals surface area contributed by atoms with Crippen molar-refractivity contribution in [3.8, 4) is 0 Å². The summed E-state index contributed by atoms with van der Waals surface area (Å²) in [4.78, 5) is 11.3. The Kier molecular flexibility index (Phi) is 4.07. The predicted molar refractivity (Wildman–Crippen MR) is 74.0 cm³/mol. The van der Waals surface area contributed by atoms with Crippen molar-refractivity contribution in [1.82, 2.24) is 0 Å². The fourth-order valence-corrected chi connectivity index (χ4v) is 1.96. The first kappa shape index (κ1) is 13.4. The lowest BCUT2D eigenvalue weighted by atomic mass is 10.1. The Hall–Kier alpha value is -2.00. The molecule has 0 aliphatic heterocycles. The first-order chi connectivity index (χ1) is 9.06. The van der Waals surface area contributed by atoms with Gasteiger partial charge < -0.3 is 15.2 Å². The molecule has 0 aromatic heterocycles. The molecule has 2 rings (SSSR count). The van der Waals surface area contributed by atoms with Gasteiger partial charge in [-0.1, -0.05) is 35.9 Å². The maximum Gasteiger partial charge on any atom is 0.0912 e. The number of hydrogen-bond donors (Lipinski definition) is 1. The van der Waals surface area contributed by atoms with Crippen LogP contribution in [0.2, 0.25) is 5.02 Å². The number of nitrogens with one attached hydrogen (secondary N) is 1. The molecule has 0 saturated heterocycles. The number of anilines is 1. The molecule has 0 unspecified atom stereocenters. The molecule has 0 aliphatic carbocycles. The van der Waals surface area contributed by atoms with Crippen LogP contribution in [-0.2, 0) is 4.79 Å². The van der Waals surface area contributed by atoms with Gasteiger partial charge in [0, 0.05) is 10.7 Å². The van der Waals surface area contributed by atoms with E-state index in [1.807, 2.05) is 31.2 Å². The van der Waals surface area contributed by atoms with Crippen LogP contribution in [0.5, 0.6) is 0 Å². The van der Waals surface area contributed by atoms with E-state index in [1.165, 1.54) is 0 Å². The second kappa shape index (κ2) is 5.76. The Balaban J connectivity index is 2.26. The van der Waals surface area contributed by atoms with E-state index in [9.17, 15) is 9.90 Å². The second-order valence-electron chi connectivity index (χ2n) is 4.32. The van der Waals surface area contributed by atoms with Crippen molar-refractivity contribution in [3.63, 3.8) is 0 Å². The Morgan fingerprint density at radius 1 is 1.21 bits per heavy atom. The van der Waals surface area contributed by atoms with Crippen molar-refractivity contribution < 1.29 is 9.90 Å². The largest absolute Gasteiger partial charge is 0.548 e. The summed E-state index contributed by atoms with van der Waals surface area (Å²) in [6.45, 7) is 1.95. The Bertz CT molecular complexity index is 581. The molecule has 98 valence electrons. The normalized spacial score (nSPS) is 11.9. The van der Waals surface area contributed by atoms with E-state index in [1.54, 1.807) is 24.3 Å². The van der Waals surface area contributed by atoms with Gasteiger partial charge in [0.25, 0.3) is 0 Å². The molecule has 2 aromatic carbocycles. The van der Waals surface area contributed by atoms with E-state index in [0.29, 0.717) is 10.6 Å². The number of aryl methyl sites for hydroxylation is 1. The van der Waals surface area contributed by atoms with Crippen LogP contribution in [0.3, 0.4) is 0 Å². The lowest BCUT2D eigenvalue weighted by Crippen LogP contribution is -2.34. The first-order valence-electron chi connectivity index (χ1n) is 5.86. The highest BCUT2D eigenvalue weighted by atomic mass is 35.5. The number of rotatable bonds is 4. The number of aliphatic carboxylic acids is 1. The Morgan fingerprint density at radius 2 is 1.89 bits per heavy atom. The van der Waals surface area contributed by atoms with Crippen LogP contribution in [0.4, 0.5) is 5.69 Å². The van der Waals surface area contributed by atoms with Crippen molar-refractivity contribution in [2.45, 2.75) is 13.0 Å². The van der Waals surface area contributed by atoms with Gasteiger partial charge in [0.15, 0.2) is 0 Å². The summed E-state index contributed by atoms with van der Waals surface area (Å²) in [6, 6.07) is 13.3. The van der Waals surface area contributed by atoms with Gasteiger partial charge >= 0.3 is 0 Å². The van der Waals surface area contributed by atoms with Crippen LogP contribution in [0, 0.1) is 6.92 Å². The van der Waals surface area contributed by atoms with Crippen LogP contribution in [0.25, 0.3) is 0 Å². The molecule has 3 nitrogen and oxygen atoms in total. The smallest absolute Gasteiger partial charge is 0.0912 e. The minimum Gasteiger partial charge on any atom is -0.548 e. The molecule has 0 aliphatic rings. The van der Waals surface area contributed by atoms with E-state index in [0.717, 1.165) is 11.3 Å². The topological polar surface area (TPSA) is 52.2 Å². The minimum absolute atomic E-state index is 0.566. The zero-order chi connectivity index (χ0) is 13.8. The van der Waals surface area contributed by atoms with Crippen LogP contribution in [0.15, 0.2) is 48.5 Å². The summed E-state index contributed by atoms with van der Waals surface area (Å²) < 4.78 is 0. The quantitative estimate of drug-likeness (QED) is 0.932. The molecule has 1 atom stereocenters. The van der Waals surface area contributed by atoms with Gasteiger partial charge in [-0.25, -0.2) is 0 Å². The number of carboxylic acids is 1. The van der Waals surface area contributed by atoms with E-state index in [4.69, 9.17) is 11.6 Å². The highest BCUT2D eigenvalue weighted by Gasteiger charge is 2.12. The second-order valence-corrected chi connectivity index (χ2v) is 4.75. The Labute approximate surface area is 116 Å². The summed E-state index contributed by atoms with van der Waals surface area (Å²) in [5, 5.41) is 14.8. The van der Waals surface area contributed by atoms with Gasteiger partial charge in [0.05, 0.1) is 12.0 Å². The van der Waals surface area contributed by atoms with Crippen molar-refractivity contribution in [3.05, 3.63) is 64.7 Å². The van der Waals surface area contributed by atoms with Crippen molar-refractivity contribution in [2.75, 3.05) is 5.32 Å². The third-order valence-electron chi connectivity index (χ3n) is 2.77. The average Bonchev–Trinajstić information content (AvgIpc) is 2.37. The highest BCUT2D eigenvalue weighted by Crippen LogP contribution is 2.21. The summed E-state index contributed by atoms with van der Waals surface area (Å²) in [6.07, 6.45) is 0.